The monoisotopic (exact) mass is 470 g/mol. The number of aromatic nitrogens is 1. The molecule has 0 amide bonds. The van der Waals surface area contributed by atoms with E-state index < -0.39 is 16.0 Å². The Balaban J connectivity index is 1.77. The maximum Gasteiger partial charge on any atom is 0.339 e. The highest BCUT2D eigenvalue weighted by Crippen LogP contribution is 2.25. The lowest BCUT2D eigenvalue weighted by Gasteiger charge is -2.25. The van der Waals surface area contributed by atoms with Crippen LogP contribution in [0, 0.1) is 6.92 Å². The molecule has 2 heterocycles. The number of pyridine rings is 1. The van der Waals surface area contributed by atoms with E-state index in [4.69, 9.17) is 9.47 Å². The molecular weight excluding hydrogens is 444 g/mol. The first-order valence-corrected chi connectivity index (χ1v) is 12.2. The number of nitrogens with zero attached hydrogens (tertiary/aromatic N) is 1. The van der Waals surface area contributed by atoms with Gasteiger partial charge >= 0.3 is 5.97 Å². The zero-order valence-corrected chi connectivity index (χ0v) is 19.4. The minimum absolute atomic E-state index is 0.0553. The van der Waals surface area contributed by atoms with Crippen molar-refractivity contribution in [3.63, 3.8) is 0 Å². The number of esters is 1. The summed E-state index contributed by atoms with van der Waals surface area (Å²) in [6.07, 6.45) is 1.28. The predicted octanol–water partition coefficient (Wildman–Crippen LogP) is 2.99. The van der Waals surface area contributed by atoms with Crippen LogP contribution in [0.15, 0.2) is 58.2 Å². The molecule has 0 aliphatic carbocycles. The Bertz CT molecular complexity index is 1340. The fourth-order valence-electron chi connectivity index (χ4n) is 4.04. The number of carbonyl (C=O) groups excluding carboxylic acids is 1. The number of rotatable bonds is 7. The van der Waals surface area contributed by atoms with Gasteiger partial charge in [0.1, 0.15) is 0 Å². The van der Waals surface area contributed by atoms with Crippen LogP contribution in [0.5, 0.6) is 0 Å². The fourth-order valence-corrected chi connectivity index (χ4v) is 5.67. The molecule has 33 heavy (non-hydrogen) atoms. The summed E-state index contributed by atoms with van der Waals surface area (Å²) >= 11 is 0. The third kappa shape index (κ3) is 4.85. The summed E-state index contributed by atoms with van der Waals surface area (Å²) in [7, 11) is -2.95. The van der Waals surface area contributed by atoms with Crippen LogP contribution in [-0.4, -0.2) is 50.0 Å². The van der Waals surface area contributed by atoms with Crippen molar-refractivity contribution in [2.24, 2.45) is 0 Å². The number of hydrogen-bond donors (Lipinski definition) is 1. The highest BCUT2D eigenvalue weighted by atomic mass is 32.2. The molecule has 1 fully saturated rings. The van der Waals surface area contributed by atoms with E-state index in [-0.39, 0.29) is 35.2 Å². The molecule has 4 rings (SSSR count). The highest BCUT2D eigenvalue weighted by molar-refractivity contribution is 7.89. The summed E-state index contributed by atoms with van der Waals surface area (Å²) in [6, 6.07) is 13.3. The highest BCUT2D eigenvalue weighted by Gasteiger charge is 2.33. The van der Waals surface area contributed by atoms with Crippen LogP contribution in [-0.2, 0) is 26.0 Å². The summed E-state index contributed by atoms with van der Waals surface area (Å²) < 4.78 is 39.1. The number of nitrogens with one attached hydrogen (secondary N) is 1. The molecule has 3 aromatic rings. The molecular formula is C24H26N2O6S. The Kier molecular flexibility index (Phi) is 6.64. The lowest BCUT2D eigenvalue weighted by atomic mass is 10.1. The van der Waals surface area contributed by atoms with E-state index >= 15 is 0 Å². The Morgan fingerprint density at radius 2 is 2.00 bits per heavy atom. The van der Waals surface area contributed by atoms with E-state index in [0.717, 1.165) is 23.8 Å². The second-order valence-electron chi connectivity index (χ2n) is 8.13. The molecule has 8 nitrogen and oxygen atoms in total. The average molecular weight is 471 g/mol. The van der Waals surface area contributed by atoms with E-state index in [1.165, 1.54) is 23.5 Å². The Hall–Kier alpha value is -3.01. The van der Waals surface area contributed by atoms with Gasteiger partial charge in [0.15, 0.2) is 0 Å². The molecule has 1 aliphatic heterocycles. The molecule has 1 aromatic heterocycles. The molecule has 0 radical (unpaired) electrons. The number of ether oxygens (including phenoxy) is 2. The van der Waals surface area contributed by atoms with Crippen molar-refractivity contribution >= 4 is 26.9 Å². The second-order valence-corrected chi connectivity index (χ2v) is 10.0. The van der Waals surface area contributed by atoms with E-state index in [9.17, 15) is 18.0 Å². The van der Waals surface area contributed by atoms with Crippen LogP contribution in [0.4, 0.5) is 0 Å². The second kappa shape index (κ2) is 9.46. The molecule has 0 saturated carbocycles. The van der Waals surface area contributed by atoms with Crippen LogP contribution in [0.3, 0.4) is 0 Å². The van der Waals surface area contributed by atoms with Crippen molar-refractivity contribution in [2.45, 2.75) is 37.3 Å². The van der Waals surface area contributed by atoms with E-state index in [1.54, 1.807) is 18.2 Å². The standard InChI is InChI=1S/C24H26N2O6S/c1-16-9-10-17-13-18(23(27)25-21(17)12-16)14-26(15-19-6-5-11-32-19)33(29,30)22-8-4-3-7-20(22)24(28)31-2/h3-4,7-10,12-13,19H,5-6,11,14-15H2,1-2H3,(H,25,27)/t19-/m1/s1. The molecule has 0 unspecified atom stereocenters. The van der Waals surface area contributed by atoms with Crippen molar-refractivity contribution in [3.8, 4) is 0 Å². The normalized spacial score (nSPS) is 16.4. The maximum absolute atomic E-state index is 13.7. The lowest BCUT2D eigenvalue weighted by Crippen LogP contribution is -2.39. The number of aryl methyl sites for hydroxylation is 1. The Morgan fingerprint density at radius 1 is 1.21 bits per heavy atom. The van der Waals surface area contributed by atoms with Crippen LogP contribution in [0.1, 0.15) is 34.3 Å². The summed E-state index contributed by atoms with van der Waals surface area (Å²) in [5, 5.41) is 0.805. The topological polar surface area (TPSA) is 106 Å². The number of fused-ring (bicyclic) bond motifs is 1. The molecule has 2 aromatic carbocycles. The zero-order chi connectivity index (χ0) is 23.6. The van der Waals surface area contributed by atoms with E-state index in [1.807, 2.05) is 25.1 Å². The number of aromatic amines is 1. The van der Waals surface area contributed by atoms with Crippen LogP contribution in [0.2, 0.25) is 0 Å². The van der Waals surface area contributed by atoms with Gasteiger partial charge in [-0.1, -0.05) is 24.3 Å². The van der Waals surface area contributed by atoms with Crippen molar-refractivity contribution in [2.75, 3.05) is 20.3 Å². The number of benzene rings is 2. The lowest BCUT2D eigenvalue weighted by molar-refractivity contribution is 0.0596. The number of sulfonamides is 1. The van der Waals surface area contributed by atoms with E-state index in [2.05, 4.69) is 4.98 Å². The summed E-state index contributed by atoms with van der Waals surface area (Å²) in [6.45, 7) is 2.41. The largest absolute Gasteiger partial charge is 0.465 e. The van der Waals surface area contributed by atoms with Gasteiger partial charge in [-0.2, -0.15) is 4.31 Å². The third-order valence-electron chi connectivity index (χ3n) is 5.77. The smallest absolute Gasteiger partial charge is 0.339 e. The van der Waals surface area contributed by atoms with Gasteiger partial charge in [-0.25, -0.2) is 13.2 Å². The van der Waals surface area contributed by atoms with Crippen molar-refractivity contribution in [1.82, 2.24) is 9.29 Å². The molecule has 0 bridgehead atoms. The molecule has 1 N–H and O–H groups in total. The Morgan fingerprint density at radius 3 is 2.73 bits per heavy atom. The molecule has 174 valence electrons. The minimum Gasteiger partial charge on any atom is -0.465 e. The van der Waals surface area contributed by atoms with Crippen molar-refractivity contribution in [3.05, 3.63) is 75.6 Å². The quantitative estimate of drug-likeness (QED) is 0.532. The summed E-state index contributed by atoms with van der Waals surface area (Å²) in [5.74, 6) is -0.745. The first-order valence-electron chi connectivity index (χ1n) is 10.7. The van der Waals surface area contributed by atoms with E-state index in [0.29, 0.717) is 17.7 Å². The molecule has 1 aliphatic rings. The average Bonchev–Trinajstić information content (AvgIpc) is 3.32. The van der Waals surface area contributed by atoms with Crippen LogP contribution < -0.4 is 5.56 Å². The van der Waals surface area contributed by atoms with Gasteiger partial charge in [-0.3, -0.25) is 4.79 Å². The number of methoxy groups -OCH3 is 1. The number of carbonyl (C=O) groups is 1. The third-order valence-corrected chi connectivity index (χ3v) is 7.64. The van der Waals surface area contributed by atoms with Crippen molar-refractivity contribution in [1.29, 1.82) is 0 Å². The van der Waals surface area contributed by atoms with Crippen molar-refractivity contribution < 1.29 is 22.7 Å². The van der Waals surface area contributed by atoms with Gasteiger partial charge < -0.3 is 14.5 Å². The van der Waals surface area contributed by atoms with Gasteiger partial charge in [-0.05, 0) is 55.0 Å². The fraction of sp³-hybridized carbons (Fsp3) is 0.333. The molecule has 0 spiro atoms. The van der Waals surface area contributed by atoms with Gasteiger partial charge in [0.25, 0.3) is 5.56 Å². The van der Waals surface area contributed by atoms with Gasteiger partial charge in [-0.15, -0.1) is 0 Å². The minimum atomic E-state index is -4.15. The summed E-state index contributed by atoms with van der Waals surface area (Å²) in [5.41, 5.74) is 1.59. The summed E-state index contributed by atoms with van der Waals surface area (Å²) in [4.78, 5) is 27.8. The van der Waals surface area contributed by atoms with Crippen LogP contribution >= 0.6 is 0 Å². The van der Waals surface area contributed by atoms with Crippen LogP contribution in [0.25, 0.3) is 10.9 Å². The first-order chi connectivity index (χ1) is 15.8. The molecule has 1 saturated heterocycles. The van der Waals surface area contributed by atoms with Gasteiger partial charge in [0, 0.05) is 30.8 Å². The zero-order valence-electron chi connectivity index (χ0n) is 18.5. The number of hydrogen-bond acceptors (Lipinski definition) is 6. The molecule has 1 atom stereocenters. The predicted molar refractivity (Wildman–Crippen MR) is 124 cm³/mol. The maximum atomic E-state index is 13.7. The first kappa shape index (κ1) is 23.2. The van der Waals surface area contributed by atoms with Gasteiger partial charge in [0.2, 0.25) is 10.0 Å². The Labute approximate surface area is 192 Å². The SMILES string of the molecule is COC(=O)c1ccccc1S(=O)(=O)N(Cc1cc2ccc(C)cc2[nH]c1=O)C[C@H]1CCCO1. The number of H-pyrrole nitrogens is 1. The molecule has 9 heteroatoms. The van der Waals surface area contributed by atoms with Gasteiger partial charge in [0.05, 0.1) is 23.7 Å².